The Morgan fingerprint density at radius 3 is 3.24 bits per heavy atom. The van der Waals surface area contributed by atoms with Crippen molar-refractivity contribution in [2.24, 2.45) is 0 Å². The van der Waals surface area contributed by atoms with Crippen LogP contribution in [0.15, 0.2) is 29.9 Å². The normalized spacial score (nSPS) is 13.3. The number of carbonyl (C=O) groups is 1. The zero-order valence-electron chi connectivity index (χ0n) is 11.4. The monoisotopic (exact) mass is 298 g/mol. The lowest BCUT2D eigenvalue weighted by Crippen LogP contribution is -2.35. The lowest BCUT2D eigenvalue weighted by atomic mass is 10.1. The van der Waals surface area contributed by atoms with Crippen molar-refractivity contribution in [2.45, 2.75) is 13.0 Å². The number of hydrogen-bond acceptors (Lipinski definition) is 4. The Morgan fingerprint density at radius 2 is 2.38 bits per heavy atom. The van der Waals surface area contributed by atoms with E-state index in [0.29, 0.717) is 17.7 Å². The van der Waals surface area contributed by atoms with Gasteiger partial charge < -0.3 is 10.0 Å². The van der Waals surface area contributed by atoms with Gasteiger partial charge in [-0.3, -0.25) is 9.78 Å². The molecular weight excluding hydrogens is 284 g/mol. The molecule has 0 aromatic carbocycles. The number of aliphatic hydroxyl groups is 1. The topological polar surface area (TPSA) is 53.4 Å². The minimum Gasteiger partial charge on any atom is -0.384 e. The van der Waals surface area contributed by atoms with Crippen LogP contribution in [-0.4, -0.2) is 34.0 Å². The summed E-state index contributed by atoms with van der Waals surface area (Å²) < 4.78 is 0. The Balaban J connectivity index is 1.86. The van der Waals surface area contributed by atoms with Gasteiger partial charge >= 0.3 is 0 Å². The molecule has 1 aliphatic heterocycles. The fourth-order valence-corrected chi connectivity index (χ4v) is 3.30. The molecular formula is C16H14N2O2S. The number of rotatable bonds is 1. The lowest BCUT2D eigenvalue weighted by molar-refractivity contribution is 0.0735. The second-order valence-electron chi connectivity index (χ2n) is 4.73. The fourth-order valence-electron chi connectivity index (χ4n) is 2.41. The number of thiophene rings is 1. The van der Waals surface area contributed by atoms with Crippen molar-refractivity contribution in [3.63, 3.8) is 0 Å². The molecule has 0 bridgehead atoms. The molecule has 0 unspecified atom stereocenters. The Labute approximate surface area is 127 Å². The molecule has 3 rings (SSSR count). The van der Waals surface area contributed by atoms with Crippen LogP contribution in [0.1, 0.15) is 26.4 Å². The second kappa shape index (κ2) is 6.08. The molecule has 5 heteroatoms. The summed E-state index contributed by atoms with van der Waals surface area (Å²) in [5.41, 5.74) is 2.34. The van der Waals surface area contributed by atoms with Gasteiger partial charge in [0.15, 0.2) is 0 Å². The van der Waals surface area contributed by atoms with Crippen LogP contribution in [0.2, 0.25) is 0 Å². The standard InChI is InChI=1S/C16H14N2O2S/c19-8-1-2-12-10-17-6-3-14(12)16(20)18-7-4-15-13(11-18)5-9-21-15/h3,5-6,9-10,19H,4,7-8,11H2. The van der Waals surface area contributed by atoms with Gasteiger partial charge in [-0.05, 0) is 29.5 Å². The Morgan fingerprint density at radius 1 is 1.48 bits per heavy atom. The first-order chi connectivity index (χ1) is 10.3. The van der Waals surface area contributed by atoms with Crippen molar-refractivity contribution in [2.75, 3.05) is 13.2 Å². The molecule has 0 spiro atoms. The van der Waals surface area contributed by atoms with Crippen molar-refractivity contribution in [1.29, 1.82) is 0 Å². The molecule has 0 radical (unpaired) electrons. The minimum atomic E-state index is -0.232. The van der Waals surface area contributed by atoms with E-state index in [1.54, 1.807) is 29.8 Å². The van der Waals surface area contributed by atoms with Gasteiger partial charge in [0.1, 0.15) is 6.61 Å². The molecule has 4 nitrogen and oxygen atoms in total. The Kier molecular flexibility index (Phi) is 4.00. The van der Waals surface area contributed by atoms with Crippen LogP contribution >= 0.6 is 11.3 Å². The van der Waals surface area contributed by atoms with Crippen molar-refractivity contribution in [3.8, 4) is 11.8 Å². The molecule has 3 heterocycles. The van der Waals surface area contributed by atoms with Crippen LogP contribution in [0.25, 0.3) is 0 Å². The Bertz CT molecular complexity index is 727. The summed E-state index contributed by atoms with van der Waals surface area (Å²) in [7, 11) is 0. The van der Waals surface area contributed by atoms with Gasteiger partial charge in [0.25, 0.3) is 5.91 Å². The number of nitrogens with zero attached hydrogens (tertiary/aromatic N) is 2. The van der Waals surface area contributed by atoms with E-state index in [-0.39, 0.29) is 12.5 Å². The maximum Gasteiger partial charge on any atom is 0.255 e. The second-order valence-corrected chi connectivity index (χ2v) is 5.73. The van der Waals surface area contributed by atoms with Gasteiger partial charge in [-0.2, -0.15) is 0 Å². The highest BCUT2D eigenvalue weighted by molar-refractivity contribution is 7.10. The number of amides is 1. The van der Waals surface area contributed by atoms with Gasteiger partial charge in [-0.25, -0.2) is 0 Å². The smallest absolute Gasteiger partial charge is 0.255 e. The summed E-state index contributed by atoms with van der Waals surface area (Å²) in [6.45, 7) is 1.14. The molecule has 1 N–H and O–H groups in total. The first-order valence-corrected chi connectivity index (χ1v) is 7.56. The van der Waals surface area contributed by atoms with E-state index in [9.17, 15) is 4.79 Å². The molecule has 0 fully saturated rings. The van der Waals surface area contributed by atoms with Crippen LogP contribution in [0.5, 0.6) is 0 Å². The first kappa shape index (κ1) is 13.8. The Hall–Kier alpha value is -2.16. The molecule has 0 atom stereocenters. The van der Waals surface area contributed by atoms with Crippen molar-refractivity contribution in [3.05, 3.63) is 51.5 Å². The lowest BCUT2D eigenvalue weighted by Gasteiger charge is -2.27. The van der Waals surface area contributed by atoms with Crippen LogP contribution in [0.3, 0.4) is 0 Å². The quantitative estimate of drug-likeness (QED) is 0.815. The summed E-state index contributed by atoms with van der Waals surface area (Å²) in [6.07, 6.45) is 4.06. The molecule has 1 amide bonds. The van der Waals surface area contributed by atoms with Gasteiger partial charge in [-0.1, -0.05) is 11.8 Å². The molecule has 21 heavy (non-hydrogen) atoms. The summed E-state index contributed by atoms with van der Waals surface area (Å²) in [5, 5.41) is 10.9. The summed E-state index contributed by atoms with van der Waals surface area (Å²) in [4.78, 5) is 19.9. The maximum atomic E-state index is 12.7. The van der Waals surface area contributed by atoms with Gasteiger partial charge in [0, 0.05) is 30.4 Å². The molecule has 2 aromatic heterocycles. The number of aromatic nitrogens is 1. The van der Waals surface area contributed by atoms with E-state index in [1.165, 1.54) is 10.4 Å². The average Bonchev–Trinajstić information content (AvgIpc) is 3.00. The fraction of sp³-hybridized carbons (Fsp3) is 0.250. The predicted octanol–water partition coefficient (Wildman–Crippen LogP) is 1.69. The van der Waals surface area contributed by atoms with Crippen LogP contribution in [0, 0.1) is 11.8 Å². The van der Waals surface area contributed by atoms with E-state index in [0.717, 1.165) is 13.0 Å². The summed E-state index contributed by atoms with van der Waals surface area (Å²) in [6, 6.07) is 3.77. The molecule has 0 saturated heterocycles. The number of pyridine rings is 1. The third-order valence-corrected chi connectivity index (χ3v) is 4.47. The molecule has 0 aliphatic carbocycles. The third kappa shape index (κ3) is 2.82. The van der Waals surface area contributed by atoms with Crippen molar-refractivity contribution >= 4 is 17.2 Å². The van der Waals surface area contributed by atoms with Crippen LogP contribution in [0.4, 0.5) is 0 Å². The van der Waals surface area contributed by atoms with E-state index >= 15 is 0 Å². The molecule has 0 saturated carbocycles. The largest absolute Gasteiger partial charge is 0.384 e. The third-order valence-electron chi connectivity index (χ3n) is 3.45. The summed E-state index contributed by atoms with van der Waals surface area (Å²) >= 11 is 1.75. The molecule has 106 valence electrons. The minimum absolute atomic E-state index is 0.0310. The molecule has 1 aliphatic rings. The van der Waals surface area contributed by atoms with Crippen LogP contribution < -0.4 is 0 Å². The highest BCUT2D eigenvalue weighted by atomic mass is 32.1. The van der Waals surface area contributed by atoms with E-state index in [2.05, 4.69) is 28.3 Å². The highest BCUT2D eigenvalue weighted by Crippen LogP contribution is 2.25. The highest BCUT2D eigenvalue weighted by Gasteiger charge is 2.23. The zero-order chi connectivity index (χ0) is 14.7. The van der Waals surface area contributed by atoms with E-state index in [4.69, 9.17) is 5.11 Å². The number of carbonyl (C=O) groups excluding carboxylic acids is 1. The van der Waals surface area contributed by atoms with Gasteiger partial charge in [0.05, 0.1) is 11.1 Å². The van der Waals surface area contributed by atoms with Gasteiger partial charge in [-0.15, -0.1) is 11.3 Å². The SMILES string of the molecule is O=C(c1ccncc1C#CCO)N1CCc2sccc2C1. The number of hydrogen-bond donors (Lipinski definition) is 1. The van der Waals surface area contributed by atoms with Gasteiger partial charge in [0.2, 0.25) is 0 Å². The van der Waals surface area contributed by atoms with Crippen molar-refractivity contribution < 1.29 is 9.90 Å². The molecule has 2 aromatic rings. The van der Waals surface area contributed by atoms with Crippen LogP contribution in [-0.2, 0) is 13.0 Å². The number of fused-ring (bicyclic) bond motifs is 1. The predicted molar refractivity (Wildman–Crippen MR) is 81.0 cm³/mol. The maximum absolute atomic E-state index is 12.7. The van der Waals surface area contributed by atoms with E-state index in [1.807, 2.05) is 4.90 Å². The average molecular weight is 298 g/mol. The van der Waals surface area contributed by atoms with Crippen molar-refractivity contribution in [1.82, 2.24) is 9.88 Å². The summed E-state index contributed by atoms with van der Waals surface area (Å²) in [5.74, 6) is 5.33. The first-order valence-electron chi connectivity index (χ1n) is 6.68. The zero-order valence-corrected chi connectivity index (χ0v) is 12.2. The van der Waals surface area contributed by atoms with E-state index < -0.39 is 0 Å². The number of aliphatic hydroxyl groups excluding tert-OH is 1.